The lowest BCUT2D eigenvalue weighted by molar-refractivity contribution is 0.350. The van der Waals surface area contributed by atoms with Crippen LogP contribution in [0.4, 0.5) is 11.4 Å². The maximum atomic E-state index is 7.32. The van der Waals surface area contributed by atoms with Crippen molar-refractivity contribution in [3.63, 3.8) is 0 Å². The average molecular weight is 254 g/mol. The lowest BCUT2D eigenvalue weighted by Gasteiger charge is -2.31. The van der Waals surface area contributed by atoms with Crippen molar-refractivity contribution < 1.29 is 0 Å². The van der Waals surface area contributed by atoms with E-state index < -0.39 is 0 Å². The second kappa shape index (κ2) is 4.93. The summed E-state index contributed by atoms with van der Waals surface area (Å²) >= 11 is 0. The van der Waals surface area contributed by atoms with Crippen LogP contribution >= 0.6 is 0 Å². The average Bonchev–Trinajstić information content (AvgIpc) is 2.90. The van der Waals surface area contributed by atoms with Gasteiger partial charge in [-0.1, -0.05) is 19.8 Å². The van der Waals surface area contributed by atoms with Gasteiger partial charge in [0.2, 0.25) is 5.69 Å². The number of aromatic nitrogens is 2. The molecule has 0 aliphatic heterocycles. The smallest absolute Gasteiger partial charge is 0.231 e. The zero-order valence-corrected chi connectivity index (χ0v) is 11.1. The highest BCUT2D eigenvalue weighted by Gasteiger charge is 2.22. The summed E-state index contributed by atoms with van der Waals surface area (Å²) in [5, 5.41) is 7.85. The molecule has 1 aliphatic carbocycles. The van der Waals surface area contributed by atoms with Crippen LogP contribution in [0.15, 0.2) is 24.5 Å². The molecular weight excluding hydrogens is 236 g/mol. The number of nitrogens with one attached hydrogen (secondary N) is 1. The van der Waals surface area contributed by atoms with Gasteiger partial charge < -0.3 is 5.32 Å². The fourth-order valence-corrected chi connectivity index (χ4v) is 2.93. The summed E-state index contributed by atoms with van der Waals surface area (Å²) in [7, 11) is 0. The van der Waals surface area contributed by atoms with Crippen molar-refractivity contribution in [2.75, 3.05) is 5.32 Å². The van der Waals surface area contributed by atoms with Gasteiger partial charge in [0.25, 0.3) is 0 Å². The van der Waals surface area contributed by atoms with E-state index in [4.69, 9.17) is 6.57 Å². The lowest BCUT2D eigenvalue weighted by atomic mass is 9.86. The molecule has 2 atom stereocenters. The molecule has 98 valence electrons. The van der Waals surface area contributed by atoms with Gasteiger partial charge in [-0.15, -0.1) is 0 Å². The third-order valence-corrected chi connectivity index (χ3v) is 4.11. The minimum Gasteiger partial charge on any atom is -0.389 e. The molecular formula is C15H18N4. The first-order valence-electron chi connectivity index (χ1n) is 6.90. The highest BCUT2D eigenvalue weighted by atomic mass is 15.2. The monoisotopic (exact) mass is 254 g/mol. The van der Waals surface area contributed by atoms with Crippen molar-refractivity contribution in [3.8, 4) is 0 Å². The Kier molecular flexibility index (Phi) is 3.12. The van der Waals surface area contributed by atoms with Gasteiger partial charge in [-0.3, -0.25) is 0 Å². The number of nitrogens with zero attached hydrogens (tertiary/aromatic N) is 3. The Labute approximate surface area is 113 Å². The molecule has 2 heterocycles. The van der Waals surface area contributed by atoms with Gasteiger partial charge in [-0.05, 0) is 30.9 Å². The topological polar surface area (TPSA) is 33.7 Å². The van der Waals surface area contributed by atoms with Crippen LogP contribution in [0.25, 0.3) is 10.4 Å². The molecule has 1 N–H and O–H groups in total. The second-order valence-corrected chi connectivity index (χ2v) is 5.37. The van der Waals surface area contributed by atoms with Crippen molar-refractivity contribution in [2.45, 2.75) is 38.6 Å². The summed E-state index contributed by atoms with van der Waals surface area (Å²) in [6.07, 6.45) is 8.62. The van der Waals surface area contributed by atoms with Crippen molar-refractivity contribution in [2.24, 2.45) is 5.92 Å². The van der Waals surface area contributed by atoms with Gasteiger partial charge in [0.1, 0.15) is 0 Å². The molecule has 2 aromatic rings. The molecule has 1 aliphatic rings. The molecule has 1 fully saturated rings. The standard InChI is InChI=1S/C15H18N4/c1-11-6-3-4-7-12(11)18-15-13(16-2)10-17-19-9-5-8-14(15)19/h5,8-12,18H,3-4,6-7H2,1H3. The maximum Gasteiger partial charge on any atom is 0.231 e. The third-order valence-electron chi connectivity index (χ3n) is 4.11. The Balaban J connectivity index is 1.98. The predicted molar refractivity (Wildman–Crippen MR) is 76.5 cm³/mol. The maximum absolute atomic E-state index is 7.32. The summed E-state index contributed by atoms with van der Waals surface area (Å²) in [4.78, 5) is 3.60. The van der Waals surface area contributed by atoms with Crippen molar-refractivity contribution in [3.05, 3.63) is 35.9 Å². The summed E-state index contributed by atoms with van der Waals surface area (Å²) in [5.41, 5.74) is 2.55. The molecule has 3 rings (SSSR count). The Morgan fingerprint density at radius 1 is 1.42 bits per heavy atom. The molecule has 0 radical (unpaired) electrons. The zero-order chi connectivity index (χ0) is 13.2. The van der Waals surface area contributed by atoms with Gasteiger partial charge in [-0.25, -0.2) is 9.36 Å². The fraction of sp³-hybridized carbons (Fsp3) is 0.467. The molecule has 0 aromatic carbocycles. The zero-order valence-electron chi connectivity index (χ0n) is 11.1. The Morgan fingerprint density at radius 3 is 3.05 bits per heavy atom. The highest BCUT2D eigenvalue weighted by Crippen LogP contribution is 2.33. The number of fused-ring (bicyclic) bond motifs is 1. The number of anilines is 1. The first-order valence-corrected chi connectivity index (χ1v) is 6.90. The highest BCUT2D eigenvalue weighted by molar-refractivity contribution is 5.84. The van der Waals surface area contributed by atoms with Gasteiger partial charge in [0.05, 0.1) is 24.0 Å². The molecule has 4 heteroatoms. The molecule has 1 saturated carbocycles. The Hall–Kier alpha value is -2.02. The van der Waals surface area contributed by atoms with Gasteiger partial charge in [0.15, 0.2) is 0 Å². The van der Waals surface area contributed by atoms with Crippen LogP contribution in [0.5, 0.6) is 0 Å². The van der Waals surface area contributed by atoms with E-state index in [1.165, 1.54) is 25.7 Å². The van der Waals surface area contributed by atoms with E-state index in [0.29, 0.717) is 17.6 Å². The van der Waals surface area contributed by atoms with Gasteiger partial charge in [0, 0.05) is 12.2 Å². The van der Waals surface area contributed by atoms with E-state index in [2.05, 4.69) is 22.2 Å². The van der Waals surface area contributed by atoms with Crippen LogP contribution in [-0.2, 0) is 0 Å². The van der Waals surface area contributed by atoms with Crippen LogP contribution in [0.1, 0.15) is 32.6 Å². The fourth-order valence-electron chi connectivity index (χ4n) is 2.93. The van der Waals surface area contributed by atoms with Crippen LogP contribution in [0, 0.1) is 12.5 Å². The Bertz CT molecular complexity index is 623. The molecule has 19 heavy (non-hydrogen) atoms. The van der Waals surface area contributed by atoms with E-state index in [1.807, 2.05) is 22.8 Å². The minimum atomic E-state index is 0.468. The number of hydrogen-bond acceptors (Lipinski definition) is 2. The molecule has 2 aromatic heterocycles. The van der Waals surface area contributed by atoms with E-state index in [-0.39, 0.29) is 0 Å². The SMILES string of the molecule is [C-]#[N+]c1cnn2cccc2c1NC1CCCCC1C. The van der Waals surface area contributed by atoms with E-state index in [1.54, 1.807) is 6.20 Å². The number of hydrogen-bond donors (Lipinski definition) is 1. The molecule has 0 bridgehead atoms. The minimum absolute atomic E-state index is 0.468. The Morgan fingerprint density at radius 2 is 2.26 bits per heavy atom. The summed E-state index contributed by atoms with van der Waals surface area (Å²) in [6.45, 7) is 9.61. The third kappa shape index (κ3) is 2.17. The second-order valence-electron chi connectivity index (χ2n) is 5.37. The summed E-state index contributed by atoms with van der Waals surface area (Å²) in [6, 6.07) is 4.44. The van der Waals surface area contributed by atoms with Crippen molar-refractivity contribution >= 4 is 16.9 Å². The number of rotatable bonds is 2. The lowest BCUT2D eigenvalue weighted by Crippen LogP contribution is -2.30. The molecule has 4 nitrogen and oxygen atoms in total. The van der Waals surface area contributed by atoms with Crippen LogP contribution < -0.4 is 5.32 Å². The molecule has 2 unspecified atom stereocenters. The largest absolute Gasteiger partial charge is 0.389 e. The quantitative estimate of drug-likeness (QED) is 0.825. The van der Waals surface area contributed by atoms with Crippen LogP contribution in [-0.4, -0.2) is 15.7 Å². The summed E-state index contributed by atoms with van der Waals surface area (Å²) < 4.78 is 1.82. The van der Waals surface area contributed by atoms with Gasteiger partial charge in [-0.2, -0.15) is 5.10 Å². The first-order chi connectivity index (χ1) is 9.29. The van der Waals surface area contributed by atoms with Crippen molar-refractivity contribution in [1.82, 2.24) is 9.61 Å². The van der Waals surface area contributed by atoms with Crippen LogP contribution in [0.3, 0.4) is 0 Å². The molecule has 0 spiro atoms. The molecule has 0 saturated heterocycles. The van der Waals surface area contributed by atoms with Gasteiger partial charge >= 0.3 is 0 Å². The van der Waals surface area contributed by atoms with E-state index in [0.717, 1.165) is 11.2 Å². The van der Waals surface area contributed by atoms with Crippen LogP contribution in [0.2, 0.25) is 0 Å². The van der Waals surface area contributed by atoms with E-state index >= 15 is 0 Å². The summed E-state index contributed by atoms with van der Waals surface area (Å²) in [5.74, 6) is 0.663. The predicted octanol–water partition coefficient (Wildman–Crippen LogP) is 3.88. The molecule has 0 amide bonds. The normalized spacial score (nSPS) is 23.2. The van der Waals surface area contributed by atoms with E-state index in [9.17, 15) is 0 Å². The first kappa shape index (κ1) is 12.0. The van der Waals surface area contributed by atoms with Crippen molar-refractivity contribution in [1.29, 1.82) is 0 Å².